The number of hydrogen-bond donors (Lipinski definition) is 0. The van der Waals surface area contributed by atoms with Crippen molar-refractivity contribution in [2.75, 3.05) is 0 Å². The highest BCUT2D eigenvalue weighted by Crippen LogP contribution is 2.33. The third-order valence-electron chi connectivity index (χ3n) is 2.56. The molecule has 4 nitrogen and oxygen atoms in total. The average molecular weight is 306 g/mol. The van der Waals surface area contributed by atoms with E-state index in [1.165, 1.54) is 0 Å². The first-order valence-corrected chi connectivity index (χ1v) is 8.52. The molecule has 0 N–H and O–H groups in total. The molecule has 1 unspecified atom stereocenters. The molecule has 114 valence electrons. The number of hydrogen-bond acceptors (Lipinski definition) is 4. The Morgan fingerprint density at radius 3 is 2.62 bits per heavy atom. The molecule has 5 heteroatoms. The minimum atomic E-state index is -1.12. The second kappa shape index (κ2) is 8.52. The van der Waals surface area contributed by atoms with Gasteiger partial charge in [-0.05, 0) is 24.6 Å². The molecule has 3 rings (SSSR count). The zero-order chi connectivity index (χ0) is 15.8. The van der Waals surface area contributed by atoms with Crippen molar-refractivity contribution < 1.29 is 8.95 Å². The van der Waals surface area contributed by atoms with Gasteiger partial charge < -0.3 is 4.74 Å². The summed E-state index contributed by atoms with van der Waals surface area (Å²) in [5, 5.41) is 0. The smallest absolute Gasteiger partial charge is 0.235 e. The Morgan fingerprint density at radius 1 is 1.19 bits per heavy atom. The van der Waals surface area contributed by atoms with Crippen LogP contribution in [-0.4, -0.2) is 14.2 Å². The molecule has 0 aliphatic carbocycles. The Balaban J connectivity index is 0.000000510. The van der Waals surface area contributed by atoms with Crippen LogP contribution in [0.5, 0.6) is 11.6 Å². The lowest BCUT2D eigenvalue weighted by atomic mass is 10.3. The van der Waals surface area contributed by atoms with Crippen LogP contribution < -0.4 is 4.74 Å². The highest BCUT2D eigenvalue weighted by molar-refractivity contribution is 7.84. The highest BCUT2D eigenvalue weighted by atomic mass is 32.2. The lowest BCUT2D eigenvalue weighted by molar-refractivity contribution is 0.446. The molecular formula is C16H22N2O2S. The highest BCUT2D eigenvalue weighted by Gasteiger charge is 2.21. The Kier molecular flexibility index (Phi) is 7.02. The molecule has 1 atom stereocenters. The van der Waals surface area contributed by atoms with Crippen molar-refractivity contribution in [1.82, 2.24) is 9.97 Å². The number of nitrogens with zero attached hydrogens (tertiary/aromatic N) is 2. The molecule has 0 amide bonds. The molecule has 0 spiro atoms. The Hall–Kier alpha value is -1.75. The van der Waals surface area contributed by atoms with Gasteiger partial charge in [-0.15, -0.1) is 0 Å². The minimum absolute atomic E-state index is 0.417. The molecule has 0 aromatic carbocycles. The van der Waals surface area contributed by atoms with Gasteiger partial charge in [0, 0.05) is 18.0 Å². The third-order valence-corrected chi connectivity index (χ3v) is 3.92. The van der Waals surface area contributed by atoms with Crippen LogP contribution in [0.4, 0.5) is 0 Å². The summed E-state index contributed by atoms with van der Waals surface area (Å²) in [6, 6.07) is 3.68. The largest absolute Gasteiger partial charge is 0.436 e. The van der Waals surface area contributed by atoms with Gasteiger partial charge in [-0.3, -0.25) is 9.19 Å². The second-order valence-corrected chi connectivity index (χ2v) is 5.31. The predicted octanol–water partition coefficient (Wildman–Crippen LogP) is 4.25. The summed E-state index contributed by atoms with van der Waals surface area (Å²) in [4.78, 5) is 8.84. The van der Waals surface area contributed by atoms with E-state index >= 15 is 0 Å². The first-order valence-electron chi connectivity index (χ1n) is 7.20. The van der Waals surface area contributed by atoms with E-state index in [2.05, 4.69) is 9.97 Å². The molecule has 2 aromatic rings. The van der Waals surface area contributed by atoms with E-state index in [1.807, 2.05) is 46.8 Å². The zero-order valence-corrected chi connectivity index (χ0v) is 14.0. The number of aryl methyl sites for hydroxylation is 1. The van der Waals surface area contributed by atoms with Gasteiger partial charge in [0.15, 0.2) is 5.75 Å². The summed E-state index contributed by atoms with van der Waals surface area (Å²) in [7, 11) is -1.12. The fraction of sp³-hybridized carbons (Fsp3) is 0.375. The normalized spacial score (nSPS) is 14.8. The summed E-state index contributed by atoms with van der Waals surface area (Å²) >= 11 is 0. The standard InChI is InChI=1S/C12H10N2O2S.2C2H6/c1-8-4-11-12(14-5-8)16-10-6-13-3-2-9(10)7-17(11)15;2*1-2/h2-6H,7H2,1H3;2*1-2H3. The third kappa shape index (κ3) is 4.11. The summed E-state index contributed by atoms with van der Waals surface area (Å²) < 4.78 is 17.9. The van der Waals surface area contributed by atoms with E-state index in [0.717, 1.165) is 11.1 Å². The number of fused-ring (bicyclic) bond motifs is 2. The van der Waals surface area contributed by atoms with Crippen molar-refractivity contribution in [2.45, 2.75) is 45.3 Å². The first-order chi connectivity index (χ1) is 10.2. The predicted molar refractivity (Wildman–Crippen MR) is 86.1 cm³/mol. The maximum Gasteiger partial charge on any atom is 0.235 e. The van der Waals surface area contributed by atoms with Crippen LogP contribution in [0.1, 0.15) is 38.8 Å². The van der Waals surface area contributed by atoms with Crippen LogP contribution >= 0.6 is 0 Å². The van der Waals surface area contributed by atoms with Crippen molar-refractivity contribution in [3.05, 3.63) is 41.9 Å². The van der Waals surface area contributed by atoms with E-state index in [9.17, 15) is 4.21 Å². The first kappa shape index (κ1) is 17.3. The van der Waals surface area contributed by atoms with Gasteiger partial charge in [0.25, 0.3) is 0 Å². The fourth-order valence-corrected chi connectivity index (χ4v) is 3.00. The van der Waals surface area contributed by atoms with Crippen LogP contribution in [0.3, 0.4) is 0 Å². The summed E-state index contributed by atoms with van der Waals surface area (Å²) in [6.07, 6.45) is 5.01. The molecule has 0 saturated heterocycles. The molecule has 1 aliphatic heterocycles. The van der Waals surface area contributed by atoms with Crippen molar-refractivity contribution >= 4 is 10.8 Å². The molecule has 0 bridgehead atoms. The maximum absolute atomic E-state index is 12.2. The molecule has 1 aliphatic rings. The average Bonchev–Trinajstić information content (AvgIpc) is 2.67. The monoisotopic (exact) mass is 306 g/mol. The van der Waals surface area contributed by atoms with Crippen LogP contribution in [0, 0.1) is 6.92 Å². The lowest BCUT2D eigenvalue weighted by Gasteiger charge is -2.05. The van der Waals surface area contributed by atoms with E-state index in [0.29, 0.717) is 22.3 Å². The summed E-state index contributed by atoms with van der Waals surface area (Å²) in [5.74, 6) is 1.49. The molecular weight excluding hydrogens is 284 g/mol. The Morgan fingerprint density at radius 2 is 1.90 bits per heavy atom. The Labute approximate surface area is 129 Å². The van der Waals surface area contributed by atoms with Gasteiger partial charge in [0.1, 0.15) is 4.90 Å². The number of rotatable bonds is 0. The van der Waals surface area contributed by atoms with Gasteiger partial charge in [-0.2, -0.15) is 0 Å². The molecule has 21 heavy (non-hydrogen) atoms. The van der Waals surface area contributed by atoms with Gasteiger partial charge >= 0.3 is 0 Å². The van der Waals surface area contributed by atoms with Crippen LogP contribution in [0.15, 0.2) is 35.6 Å². The lowest BCUT2D eigenvalue weighted by Crippen LogP contribution is -1.96. The van der Waals surface area contributed by atoms with E-state index in [-0.39, 0.29) is 0 Å². The molecule has 2 aromatic heterocycles. The van der Waals surface area contributed by atoms with E-state index in [4.69, 9.17) is 4.74 Å². The topological polar surface area (TPSA) is 52.1 Å². The van der Waals surface area contributed by atoms with Crippen molar-refractivity contribution in [3.63, 3.8) is 0 Å². The fourth-order valence-electron chi connectivity index (χ4n) is 1.71. The van der Waals surface area contributed by atoms with Crippen LogP contribution in [0.25, 0.3) is 0 Å². The second-order valence-electron chi connectivity index (χ2n) is 3.89. The molecule has 3 heterocycles. The van der Waals surface area contributed by atoms with Crippen LogP contribution in [0.2, 0.25) is 0 Å². The number of ether oxygens (including phenoxy) is 1. The van der Waals surface area contributed by atoms with E-state index < -0.39 is 10.8 Å². The van der Waals surface area contributed by atoms with Crippen molar-refractivity contribution in [3.8, 4) is 11.6 Å². The van der Waals surface area contributed by atoms with Crippen molar-refractivity contribution in [1.29, 1.82) is 0 Å². The number of aromatic nitrogens is 2. The molecule has 0 fully saturated rings. The molecule has 0 radical (unpaired) electrons. The van der Waals surface area contributed by atoms with Gasteiger partial charge in [0.2, 0.25) is 5.88 Å². The van der Waals surface area contributed by atoms with Crippen LogP contribution in [-0.2, 0) is 16.6 Å². The summed E-state index contributed by atoms with van der Waals surface area (Å²) in [6.45, 7) is 9.92. The Bertz CT molecular complexity index is 615. The summed E-state index contributed by atoms with van der Waals surface area (Å²) in [5.41, 5.74) is 1.87. The van der Waals surface area contributed by atoms with Crippen molar-refractivity contribution in [2.24, 2.45) is 0 Å². The SMILES string of the molecule is CC.CC.Cc1cnc2c(c1)S(=O)Cc1ccncc1O2. The van der Waals surface area contributed by atoms with Gasteiger partial charge in [-0.25, -0.2) is 4.98 Å². The van der Waals surface area contributed by atoms with E-state index in [1.54, 1.807) is 18.6 Å². The molecule has 0 saturated carbocycles. The number of pyridine rings is 2. The minimum Gasteiger partial charge on any atom is -0.436 e. The van der Waals surface area contributed by atoms with Gasteiger partial charge in [0.05, 0.1) is 22.7 Å². The zero-order valence-electron chi connectivity index (χ0n) is 13.2. The quantitative estimate of drug-likeness (QED) is 0.730. The van der Waals surface area contributed by atoms with Gasteiger partial charge in [-0.1, -0.05) is 27.7 Å². The maximum atomic E-state index is 12.2.